The number of esters is 6. The van der Waals surface area contributed by atoms with Crippen LogP contribution < -0.4 is 0 Å². The SMILES string of the molecule is C=C(C(=O)OCCCC)C(CC(=O)OCCCC)C(=O)OCCCCOC(=O)C(CC(=O)OCCCC)C(=C)C(=O)OCCCC. The minimum absolute atomic E-state index is 0.0976. The van der Waals surface area contributed by atoms with Gasteiger partial charge in [-0.25, -0.2) is 9.59 Å². The van der Waals surface area contributed by atoms with Crippen LogP contribution in [0.1, 0.15) is 105 Å². The minimum atomic E-state index is -1.28. The second kappa shape index (κ2) is 26.5. The molecule has 12 nitrogen and oxygen atoms in total. The van der Waals surface area contributed by atoms with E-state index in [2.05, 4.69) is 13.2 Å². The van der Waals surface area contributed by atoms with Crippen molar-refractivity contribution in [2.45, 2.75) is 105 Å². The number of carbonyl (C=O) groups is 6. The van der Waals surface area contributed by atoms with Gasteiger partial charge in [-0.15, -0.1) is 0 Å². The maximum atomic E-state index is 12.9. The third kappa shape index (κ3) is 19.0. The first-order valence-corrected chi connectivity index (χ1v) is 16.4. The van der Waals surface area contributed by atoms with Crippen molar-refractivity contribution in [1.29, 1.82) is 0 Å². The van der Waals surface area contributed by atoms with Crippen molar-refractivity contribution >= 4 is 35.8 Å². The highest BCUT2D eigenvalue weighted by Crippen LogP contribution is 2.21. The standard InChI is InChI=1S/C34H54O12/c1-7-11-17-41-29(35)23-27(25(5)31(37)43-19-13-9-3)33(39)45-21-15-16-22-46-34(40)28(24-30(36)42-18-12-8-2)26(6)32(38)44-20-14-10-4/h27-28H,5-24H2,1-4H3. The summed E-state index contributed by atoms with van der Waals surface area (Å²) in [6, 6.07) is 0. The highest BCUT2D eigenvalue weighted by atomic mass is 16.6. The highest BCUT2D eigenvalue weighted by Gasteiger charge is 2.33. The summed E-state index contributed by atoms with van der Waals surface area (Å²) in [5.74, 6) is -7.12. The molecule has 0 spiro atoms. The Morgan fingerprint density at radius 3 is 1.02 bits per heavy atom. The molecule has 0 aliphatic rings. The molecular formula is C34H54O12. The molecule has 0 aromatic heterocycles. The zero-order chi connectivity index (χ0) is 34.7. The number of carbonyl (C=O) groups excluding carboxylic acids is 6. The van der Waals surface area contributed by atoms with Crippen molar-refractivity contribution < 1.29 is 57.2 Å². The van der Waals surface area contributed by atoms with E-state index >= 15 is 0 Å². The minimum Gasteiger partial charge on any atom is -0.466 e. The lowest BCUT2D eigenvalue weighted by atomic mass is 9.97. The van der Waals surface area contributed by atoms with Crippen LogP contribution in [0.5, 0.6) is 0 Å². The normalized spacial score (nSPS) is 11.8. The lowest BCUT2D eigenvalue weighted by Crippen LogP contribution is -2.28. The topological polar surface area (TPSA) is 158 Å². The van der Waals surface area contributed by atoms with Crippen molar-refractivity contribution in [2.75, 3.05) is 39.6 Å². The predicted molar refractivity (Wildman–Crippen MR) is 169 cm³/mol. The lowest BCUT2D eigenvalue weighted by Gasteiger charge is -2.18. The van der Waals surface area contributed by atoms with Gasteiger partial charge in [0.05, 0.1) is 64.3 Å². The maximum absolute atomic E-state index is 12.9. The molecule has 0 N–H and O–H groups in total. The molecule has 12 heteroatoms. The molecule has 2 unspecified atom stereocenters. The molecule has 0 aromatic rings. The van der Waals surface area contributed by atoms with E-state index in [1.54, 1.807) is 0 Å². The van der Waals surface area contributed by atoms with Crippen LogP contribution in [0.25, 0.3) is 0 Å². The van der Waals surface area contributed by atoms with Crippen LogP contribution in [0.15, 0.2) is 24.3 Å². The van der Waals surface area contributed by atoms with Gasteiger partial charge in [0, 0.05) is 11.1 Å². The van der Waals surface area contributed by atoms with Gasteiger partial charge in [0.25, 0.3) is 0 Å². The number of hydrogen-bond acceptors (Lipinski definition) is 12. The van der Waals surface area contributed by atoms with E-state index in [-0.39, 0.29) is 63.6 Å². The zero-order valence-corrected chi connectivity index (χ0v) is 28.2. The quantitative estimate of drug-likeness (QED) is 0.0485. The summed E-state index contributed by atoms with van der Waals surface area (Å²) in [6.07, 6.45) is 5.52. The van der Waals surface area contributed by atoms with Gasteiger partial charge in [-0.2, -0.15) is 0 Å². The predicted octanol–water partition coefficient (Wildman–Crippen LogP) is 5.35. The van der Waals surface area contributed by atoms with Crippen molar-refractivity contribution in [1.82, 2.24) is 0 Å². The van der Waals surface area contributed by atoms with Crippen molar-refractivity contribution in [3.8, 4) is 0 Å². The van der Waals surface area contributed by atoms with E-state index in [1.807, 2.05) is 27.7 Å². The number of unbranched alkanes of at least 4 members (excludes halogenated alkanes) is 5. The smallest absolute Gasteiger partial charge is 0.334 e. The summed E-state index contributed by atoms with van der Waals surface area (Å²) in [7, 11) is 0. The molecule has 0 saturated heterocycles. The Hall–Kier alpha value is -3.70. The summed E-state index contributed by atoms with van der Waals surface area (Å²) >= 11 is 0. The molecule has 0 aliphatic carbocycles. The number of hydrogen-bond donors (Lipinski definition) is 0. The van der Waals surface area contributed by atoms with Gasteiger partial charge in [0.2, 0.25) is 0 Å². The van der Waals surface area contributed by atoms with E-state index in [0.717, 1.165) is 25.7 Å². The summed E-state index contributed by atoms with van der Waals surface area (Å²) in [5.41, 5.74) is -0.398. The van der Waals surface area contributed by atoms with Crippen LogP contribution in [-0.2, 0) is 57.2 Å². The molecule has 0 fully saturated rings. The Bertz CT molecular complexity index is 909. The number of ether oxygens (including phenoxy) is 6. The molecule has 0 bridgehead atoms. The average molecular weight is 655 g/mol. The fraction of sp³-hybridized carbons (Fsp3) is 0.706. The maximum Gasteiger partial charge on any atom is 0.334 e. The molecule has 0 saturated carbocycles. The largest absolute Gasteiger partial charge is 0.466 e. The van der Waals surface area contributed by atoms with E-state index in [9.17, 15) is 28.8 Å². The molecule has 0 heterocycles. The van der Waals surface area contributed by atoms with Crippen LogP contribution in [0, 0.1) is 11.8 Å². The van der Waals surface area contributed by atoms with E-state index in [1.165, 1.54) is 0 Å². The Balaban J connectivity index is 5.09. The van der Waals surface area contributed by atoms with Crippen molar-refractivity contribution in [3.05, 3.63) is 24.3 Å². The molecule has 2 atom stereocenters. The molecule has 0 aromatic carbocycles. The van der Waals surface area contributed by atoms with Gasteiger partial charge in [-0.3, -0.25) is 19.2 Å². The van der Waals surface area contributed by atoms with Crippen molar-refractivity contribution in [3.63, 3.8) is 0 Å². The fourth-order valence-corrected chi connectivity index (χ4v) is 3.65. The van der Waals surface area contributed by atoms with Gasteiger partial charge in [-0.1, -0.05) is 66.5 Å². The second-order valence-electron chi connectivity index (χ2n) is 10.7. The van der Waals surface area contributed by atoms with Crippen LogP contribution in [0.3, 0.4) is 0 Å². The van der Waals surface area contributed by atoms with Gasteiger partial charge in [0.15, 0.2) is 0 Å². The van der Waals surface area contributed by atoms with Crippen molar-refractivity contribution in [2.24, 2.45) is 11.8 Å². The third-order valence-corrected chi connectivity index (χ3v) is 6.69. The summed E-state index contributed by atoms with van der Waals surface area (Å²) in [5, 5.41) is 0. The first kappa shape index (κ1) is 42.3. The van der Waals surface area contributed by atoms with Gasteiger partial charge < -0.3 is 28.4 Å². The van der Waals surface area contributed by atoms with Crippen LogP contribution in [0.4, 0.5) is 0 Å². The zero-order valence-electron chi connectivity index (χ0n) is 28.2. The van der Waals surface area contributed by atoms with Gasteiger partial charge >= 0.3 is 35.8 Å². The van der Waals surface area contributed by atoms with E-state index in [0.29, 0.717) is 25.7 Å². The molecule has 0 rings (SSSR count). The third-order valence-electron chi connectivity index (χ3n) is 6.69. The first-order valence-electron chi connectivity index (χ1n) is 16.4. The fourth-order valence-electron chi connectivity index (χ4n) is 3.65. The lowest BCUT2D eigenvalue weighted by molar-refractivity contribution is -0.156. The highest BCUT2D eigenvalue weighted by molar-refractivity contribution is 5.97. The average Bonchev–Trinajstić information content (AvgIpc) is 3.03. The summed E-state index contributed by atoms with van der Waals surface area (Å²) in [6.45, 7) is 15.6. The first-order chi connectivity index (χ1) is 22.0. The molecular weight excluding hydrogens is 600 g/mol. The van der Waals surface area contributed by atoms with Gasteiger partial charge in [0.1, 0.15) is 0 Å². The Morgan fingerprint density at radius 2 is 0.717 bits per heavy atom. The molecule has 0 amide bonds. The van der Waals surface area contributed by atoms with E-state index < -0.39 is 60.5 Å². The summed E-state index contributed by atoms with van der Waals surface area (Å²) < 4.78 is 31.2. The Labute approximate surface area is 273 Å². The summed E-state index contributed by atoms with van der Waals surface area (Å²) in [4.78, 5) is 75.2. The monoisotopic (exact) mass is 654 g/mol. The molecule has 262 valence electrons. The molecule has 0 radical (unpaired) electrons. The van der Waals surface area contributed by atoms with Gasteiger partial charge in [-0.05, 0) is 38.5 Å². The Morgan fingerprint density at radius 1 is 0.435 bits per heavy atom. The van der Waals surface area contributed by atoms with Crippen LogP contribution in [-0.4, -0.2) is 75.5 Å². The molecule has 0 aliphatic heterocycles. The van der Waals surface area contributed by atoms with E-state index in [4.69, 9.17) is 28.4 Å². The van der Waals surface area contributed by atoms with Crippen LogP contribution in [0.2, 0.25) is 0 Å². The van der Waals surface area contributed by atoms with Crippen LogP contribution >= 0.6 is 0 Å². The second-order valence-corrected chi connectivity index (χ2v) is 10.7. The number of rotatable bonds is 27. The Kier molecular flexibility index (Phi) is 24.4. The molecule has 46 heavy (non-hydrogen) atoms.